The first-order valence-corrected chi connectivity index (χ1v) is 11.6. The smallest absolute Gasteiger partial charge is 0.255 e. The van der Waals surface area contributed by atoms with Gasteiger partial charge in [-0.25, -0.2) is 18.1 Å². The first kappa shape index (κ1) is 19.8. The number of benzene rings is 1. The van der Waals surface area contributed by atoms with Gasteiger partial charge in [0.15, 0.2) is 0 Å². The number of carbonyl (C=O) groups excluding carboxylic acids is 1. The van der Waals surface area contributed by atoms with Gasteiger partial charge in [0.2, 0.25) is 10.0 Å². The molecular weight excluding hydrogens is 388 g/mol. The lowest BCUT2D eigenvalue weighted by Crippen LogP contribution is -2.32. The van der Waals surface area contributed by atoms with Crippen molar-refractivity contribution in [3.63, 3.8) is 0 Å². The van der Waals surface area contributed by atoms with Gasteiger partial charge in [0.05, 0.1) is 16.8 Å². The van der Waals surface area contributed by atoms with E-state index in [0.29, 0.717) is 11.3 Å². The van der Waals surface area contributed by atoms with Crippen LogP contribution in [-0.2, 0) is 10.0 Å². The maximum Gasteiger partial charge on any atom is 0.255 e. The molecule has 4 rings (SSSR count). The third kappa shape index (κ3) is 4.76. The van der Waals surface area contributed by atoms with Crippen LogP contribution in [-0.4, -0.2) is 38.4 Å². The van der Waals surface area contributed by atoms with Crippen molar-refractivity contribution in [1.29, 1.82) is 0 Å². The van der Waals surface area contributed by atoms with Gasteiger partial charge in [-0.15, -0.1) is 0 Å². The van der Waals surface area contributed by atoms with Crippen LogP contribution in [0.15, 0.2) is 47.5 Å². The van der Waals surface area contributed by atoms with Crippen molar-refractivity contribution >= 4 is 27.4 Å². The number of sulfonamides is 1. The molecule has 1 saturated heterocycles. The molecule has 2 aromatic rings. The summed E-state index contributed by atoms with van der Waals surface area (Å²) >= 11 is 0. The van der Waals surface area contributed by atoms with E-state index in [1.54, 1.807) is 18.3 Å². The normalized spacial score (nSPS) is 17.6. The lowest BCUT2D eigenvalue weighted by Gasteiger charge is -2.16. The molecular formula is C21H26N4O3S. The number of hydrogen-bond acceptors (Lipinski definition) is 5. The van der Waals surface area contributed by atoms with Crippen molar-refractivity contribution in [3.05, 3.63) is 48.2 Å². The van der Waals surface area contributed by atoms with Gasteiger partial charge in [-0.1, -0.05) is 18.9 Å². The van der Waals surface area contributed by atoms with E-state index >= 15 is 0 Å². The second kappa shape index (κ2) is 8.51. The van der Waals surface area contributed by atoms with E-state index in [9.17, 15) is 13.2 Å². The minimum atomic E-state index is -3.64. The Morgan fingerprint density at radius 1 is 1.03 bits per heavy atom. The van der Waals surface area contributed by atoms with Gasteiger partial charge in [0.25, 0.3) is 5.91 Å². The van der Waals surface area contributed by atoms with E-state index in [4.69, 9.17) is 0 Å². The van der Waals surface area contributed by atoms with Crippen LogP contribution in [0, 0.1) is 0 Å². The van der Waals surface area contributed by atoms with Crippen LogP contribution in [0.3, 0.4) is 0 Å². The number of aromatic nitrogens is 1. The third-order valence-corrected chi connectivity index (χ3v) is 7.04. The highest BCUT2D eigenvalue weighted by Gasteiger charge is 2.23. The number of carbonyl (C=O) groups is 1. The highest BCUT2D eigenvalue weighted by atomic mass is 32.2. The summed E-state index contributed by atoms with van der Waals surface area (Å²) in [5.41, 5.74) is 0.873. The van der Waals surface area contributed by atoms with Crippen LogP contribution in [0.1, 0.15) is 48.9 Å². The summed E-state index contributed by atoms with van der Waals surface area (Å²) in [7, 11) is -3.64. The van der Waals surface area contributed by atoms with E-state index in [0.717, 1.165) is 44.6 Å². The quantitative estimate of drug-likeness (QED) is 0.758. The Morgan fingerprint density at radius 2 is 1.79 bits per heavy atom. The average Bonchev–Trinajstić information content (AvgIpc) is 3.43. The highest BCUT2D eigenvalue weighted by Crippen LogP contribution is 2.22. The Kier molecular flexibility index (Phi) is 5.82. The molecule has 2 heterocycles. The largest absolute Gasteiger partial charge is 0.357 e. The molecule has 7 nitrogen and oxygen atoms in total. The highest BCUT2D eigenvalue weighted by molar-refractivity contribution is 7.89. The molecule has 0 atom stereocenters. The molecule has 29 heavy (non-hydrogen) atoms. The summed E-state index contributed by atoms with van der Waals surface area (Å²) in [4.78, 5) is 19.4. The molecule has 1 amide bonds. The third-order valence-electron chi connectivity index (χ3n) is 5.52. The molecule has 2 aliphatic rings. The first-order valence-electron chi connectivity index (χ1n) is 10.2. The molecule has 1 aliphatic heterocycles. The maximum atomic E-state index is 12.6. The molecule has 0 unspecified atom stereocenters. The lowest BCUT2D eigenvalue weighted by molar-refractivity contribution is 0.102. The van der Waals surface area contributed by atoms with Gasteiger partial charge in [0, 0.05) is 24.7 Å². The molecule has 2 N–H and O–H groups in total. The number of nitrogens with zero attached hydrogens (tertiary/aromatic N) is 2. The van der Waals surface area contributed by atoms with E-state index < -0.39 is 10.0 Å². The minimum Gasteiger partial charge on any atom is -0.357 e. The molecule has 1 aliphatic carbocycles. The lowest BCUT2D eigenvalue weighted by atomic mass is 10.2. The Balaban J connectivity index is 1.44. The summed E-state index contributed by atoms with van der Waals surface area (Å²) in [6.07, 6.45) is 7.79. The molecule has 1 aromatic heterocycles. The maximum absolute atomic E-state index is 12.6. The van der Waals surface area contributed by atoms with E-state index in [1.807, 2.05) is 12.1 Å². The number of hydrogen-bond donors (Lipinski definition) is 2. The van der Waals surface area contributed by atoms with Crippen LogP contribution in [0.5, 0.6) is 0 Å². The van der Waals surface area contributed by atoms with Gasteiger partial charge >= 0.3 is 0 Å². The fraction of sp³-hybridized carbons (Fsp3) is 0.429. The van der Waals surface area contributed by atoms with Gasteiger partial charge in [0.1, 0.15) is 5.82 Å². The minimum absolute atomic E-state index is 0.0160. The first-order chi connectivity index (χ1) is 14.0. The van der Waals surface area contributed by atoms with Gasteiger partial charge in [-0.3, -0.25) is 4.79 Å². The zero-order valence-corrected chi connectivity index (χ0v) is 17.1. The number of rotatable bonds is 6. The molecule has 154 valence electrons. The SMILES string of the molecule is O=C(Nc1ccc(N2CCCC2)nc1)c1cccc(S(=O)(=O)NC2CCCC2)c1. The van der Waals surface area contributed by atoms with Gasteiger partial charge < -0.3 is 10.2 Å². The van der Waals surface area contributed by atoms with Crippen molar-refractivity contribution < 1.29 is 13.2 Å². The molecule has 8 heteroatoms. The molecule has 2 fully saturated rings. The molecule has 1 saturated carbocycles. The summed E-state index contributed by atoms with van der Waals surface area (Å²) in [5, 5.41) is 2.79. The Labute approximate surface area is 171 Å². The second-order valence-electron chi connectivity index (χ2n) is 7.68. The van der Waals surface area contributed by atoms with Crippen LogP contribution in [0.2, 0.25) is 0 Å². The Hall–Kier alpha value is -2.45. The van der Waals surface area contributed by atoms with Crippen molar-refractivity contribution in [1.82, 2.24) is 9.71 Å². The van der Waals surface area contributed by atoms with Crippen molar-refractivity contribution in [2.45, 2.75) is 49.5 Å². The zero-order chi connectivity index (χ0) is 20.3. The predicted octanol–water partition coefficient (Wildman–Crippen LogP) is 3.16. The monoisotopic (exact) mass is 414 g/mol. The fourth-order valence-corrected chi connectivity index (χ4v) is 5.28. The summed E-state index contributed by atoms with van der Waals surface area (Å²) in [6.45, 7) is 2.02. The summed E-state index contributed by atoms with van der Waals surface area (Å²) in [6, 6.07) is 9.83. The van der Waals surface area contributed by atoms with Crippen LogP contribution in [0.25, 0.3) is 0 Å². The van der Waals surface area contributed by atoms with Gasteiger partial charge in [-0.05, 0) is 56.0 Å². The Bertz CT molecular complexity index is 964. The molecule has 1 aromatic carbocycles. The fourth-order valence-electron chi connectivity index (χ4n) is 3.93. The predicted molar refractivity (Wildman–Crippen MR) is 113 cm³/mol. The zero-order valence-electron chi connectivity index (χ0n) is 16.3. The van der Waals surface area contributed by atoms with E-state index in [-0.39, 0.29) is 16.8 Å². The van der Waals surface area contributed by atoms with Crippen molar-refractivity contribution in [2.75, 3.05) is 23.3 Å². The van der Waals surface area contributed by atoms with E-state index in [2.05, 4.69) is 19.9 Å². The van der Waals surface area contributed by atoms with Crippen LogP contribution < -0.4 is 14.9 Å². The standard InChI is InChI=1S/C21H26N4O3S/c26-21(23-18-10-11-20(22-15-18)25-12-3-4-13-25)16-6-5-9-19(14-16)29(27,28)24-17-7-1-2-8-17/h5-6,9-11,14-15,17,24H,1-4,7-8,12-13H2,(H,23,26). The molecule has 0 radical (unpaired) electrons. The average molecular weight is 415 g/mol. The van der Waals surface area contributed by atoms with Crippen molar-refractivity contribution in [2.24, 2.45) is 0 Å². The summed E-state index contributed by atoms with van der Waals surface area (Å²) < 4.78 is 28.0. The number of anilines is 2. The van der Waals surface area contributed by atoms with Crippen LogP contribution in [0.4, 0.5) is 11.5 Å². The number of amides is 1. The molecule has 0 bridgehead atoms. The van der Waals surface area contributed by atoms with Crippen molar-refractivity contribution in [3.8, 4) is 0 Å². The van der Waals surface area contributed by atoms with Gasteiger partial charge in [-0.2, -0.15) is 0 Å². The van der Waals surface area contributed by atoms with E-state index in [1.165, 1.54) is 25.0 Å². The molecule has 0 spiro atoms. The summed E-state index contributed by atoms with van der Waals surface area (Å²) in [5.74, 6) is 0.546. The van der Waals surface area contributed by atoms with Crippen LogP contribution >= 0.6 is 0 Å². The topological polar surface area (TPSA) is 91.4 Å². The second-order valence-corrected chi connectivity index (χ2v) is 9.40. The Morgan fingerprint density at radius 3 is 2.48 bits per heavy atom. The number of nitrogens with one attached hydrogen (secondary N) is 2. The number of pyridine rings is 1.